The molecule has 5 rings (SSSR count). The van der Waals surface area contributed by atoms with E-state index in [1.165, 1.54) is 28.8 Å². The maximum absolute atomic E-state index is 13.5. The van der Waals surface area contributed by atoms with Crippen LogP contribution >= 0.6 is 11.8 Å². The number of rotatable bonds is 1. The van der Waals surface area contributed by atoms with Crippen LogP contribution in [0.4, 0.5) is 24.5 Å². The van der Waals surface area contributed by atoms with Crippen LogP contribution in [0.15, 0.2) is 42.5 Å². The molecule has 0 aromatic heterocycles. The first-order valence-electron chi connectivity index (χ1n) is 8.92. The predicted molar refractivity (Wildman–Crippen MR) is 100 cm³/mol. The molecule has 3 aliphatic heterocycles. The Morgan fingerprint density at radius 3 is 2.64 bits per heavy atom. The molecule has 0 saturated carbocycles. The highest BCUT2D eigenvalue weighted by atomic mass is 32.2. The third-order valence-electron chi connectivity index (χ3n) is 5.52. The third kappa shape index (κ3) is 2.21. The summed E-state index contributed by atoms with van der Waals surface area (Å²) >= 11 is 1.19. The summed E-state index contributed by atoms with van der Waals surface area (Å²) in [4.78, 5) is 27.9. The molecular weight excluding hydrogens is 389 g/mol. The van der Waals surface area contributed by atoms with Crippen molar-refractivity contribution in [3.05, 3.63) is 59.2 Å². The van der Waals surface area contributed by atoms with Crippen LogP contribution in [0, 0.1) is 0 Å². The SMILES string of the molecule is O=C1CS[C@@]2(C(=O)N3CCCc4cccc2c43)N1c1cccc(C(F)(F)F)c1. The molecular formula is C20H15F3N2O2S. The van der Waals surface area contributed by atoms with Crippen LogP contribution in [0.2, 0.25) is 0 Å². The molecule has 1 fully saturated rings. The molecule has 0 radical (unpaired) electrons. The van der Waals surface area contributed by atoms with Crippen molar-refractivity contribution in [1.82, 2.24) is 0 Å². The molecule has 2 aromatic carbocycles. The quantitative estimate of drug-likeness (QED) is 0.723. The molecule has 1 spiro atoms. The van der Waals surface area contributed by atoms with Gasteiger partial charge < -0.3 is 4.90 Å². The summed E-state index contributed by atoms with van der Waals surface area (Å²) < 4.78 is 39.7. The summed E-state index contributed by atoms with van der Waals surface area (Å²) in [5.74, 6) is -0.572. The first kappa shape index (κ1) is 17.6. The van der Waals surface area contributed by atoms with E-state index < -0.39 is 16.6 Å². The topological polar surface area (TPSA) is 40.6 Å². The number of hydrogen-bond donors (Lipinski definition) is 0. The van der Waals surface area contributed by atoms with Crippen molar-refractivity contribution < 1.29 is 22.8 Å². The molecule has 4 nitrogen and oxygen atoms in total. The van der Waals surface area contributed by atoms with Gasteiger partial charge in [0.15, 0.2) is 0 Å². The second-order valence-electron chi connectivity index (χ2n) is 7.08. The average Bonchev–Trinajstić information content (AvgIpc) is 3.14. The third-order valence-corrected chi connectivity index (χ3v) is 6.90. The van der Waals surface area contributed by atoms with E-state index >= 15 is 0 Å². The van der Waals surface area contributed by atoms with Gasteiger partial charge in [-0.15, -0.1) is 11.8 Å². The Hall–Kier alpha value is -2.48. The lowest BCUT2D eigenvalue weighted by Gasteiger charge is -2.33. The van der Waals surface area contributed by atoms with Gasteiger partial charge in [0.25, 0.3) is 5.91 Å². The highest BCUT2D eigenvalue weighted by Crippen LogP contribution is 2.57. The summed E-state index contributed by atoms with van der Waals surface area (Å²) in [6.07, 6.45) is -2.87. The lowest BCUT2D eigenvalue weighted by molar-refractivity contribution is -0.137. The molecule has 3 aliphatic rings. The number of fused-ring (bicyclic) bond motifs is 1. The zero-order valence-electron chi connectivity index (χ0n) is 14.6. The molecule has 3 heterocycles. The van der Waals surface area contributed by atoms with Crippen LogP contribution in [0.3, 0.4) is 0 Å². The van der Waals surface area contributed by atoms with Gasteiger partial charge in [-0.25, -0.2) is 0 Å². The molecule has 0 bridgehead atoms. The molecule has 0 unspecified atom stereocenters. The molecule has 0 aliphatic carbocycles. The molecule has 2 aromatic rings. The Kier molecular flexibility index (Phi) is 3.62. The first-order chi connectivity index (χ1) is 13.3. The van der Waals surface area contributed by atoms with E-state index in [0.29, 0.717) is 12.1 Å². The number of amides is 2. The predicted octanol–water partition coefficient (Wildman–Crippen LogP) is 3.93. The number of carbonyl (C=O) groups is 2. The fourth-order valence-corrected chi connectivity index (χ4v) is 5.75. The van der Waals surface area contributed by atoms with Gasteiger partial charge in [0.05, 0.1) is 17.0 Å². The van der Waals surface area contributed by atoms with E-state index in [9.17, 15) is 22.8 Å². The van der Waals surface area contributed by atoms with Crippen molar-refractivity contribution in [3.8, 4) is 0 Å². The van der Waals surface area contributed by atoms with Gasteiger partial charge >= 0.3 is 6.18 Å². The maximum atomic E-state index is 13.5. The zero-order chi connectivity index (χ0) is 19.7. The van der Waals surface area contributed by atoms with Crippen molar-refractivity contribution in [2.75, 3.05) is 22.1 Å². The molecule has 1 saturated heterocycles. The monoisotopic (exact) mass is 404 g/mol. The normalized spacial score (nSPS) is 23.7. The van der Waals surface area contributed by atoms with E-state index in [1.54, 1.807) is 4.90 Å². The number of para-hydroxylation sites is 1. The molecule has 28 heavy (non-hydrogen) atoms. The Labute approximate surface area is 163 Å². The highest BCUT2D eigenvalue weighted by Gasteiger charge is 2.61. The van der Waals surface area contributed by atoms with Gasteiger partial charge in [-0.2, -0.15) is 13.2 Å². The molecule has 8 heteroatoms. The minimum absolute atomic E-state index is 0.0412. The van der Waals surface area contributed by atoms with Gasteiger partial charge in [0.1, 0.15) is 0 Å². The number of halogens is 3. The number of aryl methyl sites for hydroxylation is 1. The second-order valence-corrected chi connectivity index (χ2v) is 8.25. The Morgan fingerprint density at radius 2 is 1.86 bits per heavy atom. The Balaban J connectivity index is 1.72. The van der Waals surface area contributed by atoms with Gasteiger partial charge in [-0.05, 0) is 36.6 Å². The van der Waals surface area contributed by atoms with Crippen LogP contribution in [-0.2, 0) is 27.1 Å². The number of thioether (sulfide) groups is 1. The van der Waals surface area contributed by atoms with Gasteiger partial charge in [0, 0.05) is 17.8 Å². The summed E-state index contributed by atoms with van der Waals surface area (Å²) in [5, 5.41) is 0. The van der Waals surface area contributed by atoms with Crippen molar-refractivity contribution in [1.29, 1.82) is 0 Å². The smallest absolute Gasteiger partial charge is 0.309 e. The number of carbonyl (C=O) groups excluding carboxylic acids is 2. The Bertz CT molecular complexity index is 1020. The van der Waals surface area contributed by atoms with Crippen molar-refractivity contribution >= 4 is 35.0 Å². The van der Waals surface area contributed by atoms with E-state index in [4.69, 9.17) is 0 Å². The van der Waals surface area contributed by atoms with Crippen molar-refractivity contribution in [3.63, 3.8) is 0 Å². The van der Waals surface area contributed by atoms with E-state index in [-0.39, 0.29) is 23.3 Å². The fourth-order valence-electron chi connectivity index (χ4n) is 4.40. The number of anilines is 2. The summed E-state index contributed by atoms with van der Waals surface area (Å²) in [7, 11) is 0. The average molecular weight is 404 g/mol. The molecule has 0 N–H and O–H groups in total. The Morgan fingerprint density at radius 1 is 1.07 bits per heavy atom. The summed E-state index contributed by atoms with van der Waals surface area (Å²) in [5.41, 5.74) is 1.81. The van der Waals surface area contributed by atoms with Crippen molar-refractivity contribution in [2.45, 2.75) is 23.9 Å². The molecule has 144 valence electrons. The highest BCUT2D eigenvalue weighted by molar-refractivity contribution is 8.02. The van der Waals surface area contributed by atoms with Gasteiger partial charge in [-0.3, -0.25) is 14.5 Å². The van der Waals surface area contributed by atoms with Gasteiger partial charge in [-0.1, -0.05) is 24.3 Å². The second kappa shape index (κ2) is 5.76. The molecule has 2 amide bonds. The van der Waals surface area contributed by atoms with E-state index in [1.807, 2.05) is 18.2 Å². The lowest BCUT2D eigenvalue weighted by Crippen LogP contribution is -2.50. The molecule has 1 atom stereocenters. The number of hydrogen-bond acceptors (Lipinski definition) is 3. The maximum Gasteiger partial charge on any atom is 0.416 e. The van der Waals surface area contributed by atoms with Crippen LogP contribution < -0.4 is 9.80 Å². The van der Waals surface area contributed by atoms with Crippen molar-refractivity contribution in [2.24, 2.45) is 0 Å². The van der Waals surface area contributed by atoms with Crippen LogP contribution in [0.5, 0.6) is 0 Å². The van der Waals surface area contributed by atoms with Crippen LogP contribution in [-0.4, -0.2) is 24.1 Å². The fraction of sp³-hybridized carbons (Fsp3) is 0.300. The summed E-state index contributed by atoms with van der Waals surface area (Å²) in [6.45, 7) is 0.551. The van der Waals surface area contributed by atoms with Crippen LogP contribution in [0.1, 0.15) is 23.1 Å². The minimum atomic E-state index is -4.53. The number of nitrogens with zero attached hydrogens (tertiary/aromatic N) is 2. The first-order valence-corrected chi connectivity index (χ1v) is 9.91. The van der Waals surface area contributed by atoms with Gasteiger partial charge in [0.2, 0.25) is 10.8 Å². The zero-order valence-corrected chi connectivity index (χ0v) is 15.4. The van der Waals surface area contributed by atoms with Crippen LogP contribution in [0.25, 0.3) is 0 Å². The summed E-state index contributed by atoms with van der Waals surface area (Å²) in [6, 6.07) is 10.3. The van der Waals surface area contributed by atoms with E-state index in [2.05, 4.69) is 0 Å². The largest absolute Gasteiger partial charge is 0.416 e. The lowest BCUT2D eigenvalue weighted by atomic mass is 9.98. The minimum Gasteiger partial charge on any atom is -0.309 e. The standard InChI is InChI=1S/C20H15F3N2O2S/c21-20(22,23)13-6-2-7-14(10-13)25-16(26)11-28-19(25)15-8-1-4-12-5-3-9-24(17(12)15)18(19)27/h1-2,4,6-8,10H,3,5,9,11H2/t19-/m0/s1. The van der Waals surface area contributed by atoms with E-state index in [0.717, 1.165) is 36.2 Å². The number of benzene rings is 2. The number of alkyl halides is 3.